The molecule has 0 aromatic heterocycles. The molecule has 0 saturated heterocycles. The summed E-state index contributed by atoms with van der Waals surface area (Å²) < 4.78 is 28.7. The lowest BCUT2D eigenvalue weighted by molar-refractivity contribution is -0.105. The van der Waals surface area contributed by atoms with Crippen molar-refractivity contribution in [3.05, 3.63) is 23.8 Å². The first-order valence-electron chi connectivity index (χ1n) is 4.35. The second-order valence-corrected chi connectivity index (χ2v) is 2.96. The molecular formula is C10H11F2NO2. The minimum absolute atomic E-state index is 0.252. The third-order valence-corrected chi connectivity index (χ3v) is 1.72. The van der Waals surface area contributed by atoms with Crippen LogP contribution in [-0.4, -0.2) is 19.4 Å². The second-order valence-electron chi connectivity index (χ2n) is 2.96. The Hall–Kier alpha value is -1.65. The number of hydrogen-bond donors (Lipinski definition) is 1. The van der Waals surface area contributed by atoms with Gasteiger partial charge in [0.25, 0.3) is 6.43 Å². The van der Waals surface area contributed by atoms with Gasteiger partial charge in [-0.25, -0.2) is 8.78 Å². The van der Waals surface area contributed by atoms with E-state index in [4.69, 9.17) is 4.74 Å². The monoisotopic (exact) mass is 215 g/mol. The zero-order valence-electron chi connectivity index (χ0n) is 8.17. The van der Waals surface area contributed by atoms with Gasteiger partial charge in [0.15, 0.2) is 0 Å². The van der Waals surface area contributed by atoms with Gasteiger partial charge in [-0.15, -0.1) is 0 Å². The molecule has 0 saturated carbocycles. The largest absolute Gasteiger partial charge is 0.485 e. The molecule has 1 amide bonds. The number of alkyl halides is 2. The molecule has 1 rings (SSSR count). The van der Waals surface area contributed by atoms with Crippen molar-refractivity contribution in [1.29, 1.82) is 0 Å². The van der Waals surface area contributed by atoms with Gasteiger partial charge in [0, 0.05) is 0 Å². The van der Waals surface area contributed by atoms with Crippen molar-refractivity contribution < 1.29 is 18.3 Å². The first kappa shape index (κ1) is 11.4. The molecular weight excluding hydrogens is 204 g/mol. The van der Waals surface area contributed by atoms with Crippen LogP contribution < -0.4 is 10.1 Å². The molecule has 0 spiro atoms. The highest BCUT2D eigenvalue weighted by Gasteiger charge is 2.07. The topological polar surface area (TPSA) is 38.3 Å². The highest BCUT2D eigenvalue weighted by Crippen LogP contribution is 2.25. The summed E-state index contributed by atoms with van der Waals surface area (Å²) in [5.41, 5.74) is 1.26. The van der Waals surface area contributed by atoms with E-state index in [0.29, 0.717) is 12.1 Å². The molecule has 0 aliphatic heterocycles. The molecule has 5 heteroatoms. The van der Waals surface area contributed by atoms with Gasteiger partial charge >= 0.3 is 0 Å². The smallest absolute Gasteiger partial charge is 0.272 e. The number of rotatable bonds is 5. The van der Waals surface area contributed by atoms with E-state index >= 15 is 0 Å². The Morgan fingerprint density at radius 1 is 1.53 bits per heavy atom. The quantitative estimate of drug-likeness (QED) is 0.765. The molecule has 3 nitrogen and oxygen atoms in total. The lowest BCUT2D eigenvalue weighted by atomic mass is 10.2. The number of carbonyl (C=O) groups is 1. The second kappa shape index (κ2) is 5.29. The number of nitrogens with one attached hydrogen (secondary N) is 1. The molecule has 0 aliphatic rings. The van der Waals surface area contributed by atoms with Crippen molar-refractivity contribution in [3.63, 3.8) is 0 Å². The van der Waals surface area contributed by atoms with Crippen molar-refractivity contribution in [2.75, 3.05) is 11.9 Å². The number of hydrogen-bond acceptors (Lipinski definition) is 2. The summed E-state index contributed by atoms with van der Waals surface area (Å²) in [6, 6.07) is 4.94. The molecule has 1 N–H and O–H groups in total. The fourth-order valence-electron chi connectivity index (χ4n) is 1.08. The third-order valence-electron chi connectivity index (χ3n) is 1.72. The van der Waals surface area contributed by atoms with E-state index in [1.807, 2.05) is 0 Å². The maximum Gasteiger partial charge on any atom is 0.272 e. The van der Waals surface area contributed by atoms with Crippen LogP contribution in [0.25, 0.3) is 0 Å². The molecule has 0 atom stereocenters. The van der Waals surface area contributed by atoms with Gasteiger partial charge < -0.3 is 10.1 Å². The van der Waals surface area contributed by atoms with Gasteiger partial charge in [-0.2, -0.15) is 0 Å². The van der Waals surface area contributed by atoms with Crippen LogP contribution in [0.15, 0.2) is 18.2 Å². The van der Waals surface area contributed by atoms with Gasteiger partial charge in [0.05, 0.1) is 5.69 Å². The van der Waals surface area contributed by atoms with Crippen molar-refractivity contribution >= 4 is 12.1 Å². The van der Waals surface area contributed by atoms with Crippen molar-refractivity contribution in [3.8, 4) is 5.75 Å². The number of benzene rings is 1. The van der Waals surface area contributed by atoms with Crippen LogP contribution >= 0.6 is 0 Å². The lowest BCUT2D eigenvalue weighted by Gasteiger charge is -2.10. The van der Waals surface area contributed by atoms with Crippen LogP contribution in [0.4, 0.5) is 14.5 Å². The molecule has 82 valence electrons. The van der Waals surface area contributed by atoms with E-state index in [2.05, 4.69) is 5.32 Å². The van der Waals surface area contributed by atoms with Gasteiger partial charge in [-0.3, -0.25) is 4.79 Å². The van der Waals surface area contributed by atoms with E-state index < -0.39 is 13.0 Å². The average molecular weight is 215 g/mol. The molecule has 0 radical (unpaired) electrons. The Kier molecular flexibility index (Phi) is 4.03. The maximum absolute atomic E-state index is 11.9. The van der Waals surface area contributed by atoms with E-state index in [0.717, 1.165) is 5.56 Å². The normalized spacial score (nSPS) is 10.1. The van der Waals surface area contributed by atoms with E-state index in [1.54, 1.807) is 25.1 Å². The molecule has 0 aliphatic carbocycles. The fourth-order valence-corrected chi connectivity index (χ4v) is 1.08. The number of halogens is 2. The summed E-state index contributed by atoms with van der Waals surface area (Å²) in [4.78, 5) is 10.2. The van der Waals surface area contributed by atoms with Gasteiger partial charge in [0.1, 0.15) is 12.4 Å². The molecule has 1 aromatic rings. The Morgan fingerprint density at radius 3 is 2.87 bits per heavy atom. The van der Waals surface area contributed by atoms with Gasteiger partial charge in [0.2, 0.25) is 6.41 Å². The van der Waals surface area contributed by atoms with Gasteiger partial charge in [-0.05, 0) is 24.6 Å². The molecule has 0 heterocycles. The molecule has 1 aromatic carbocycles. The van der Waals surface area contributed by atoms with Gasteiger partial charge in [-0.1, -0.05) is 6.07 Å². The van der Waals surface area contributed by atoms with Crippen molar-refractivity contribution in [2.24, 2.45) is 0 Å². The van der Waals surface area contributed by atoms with Crippen LogP contribution in [0.1, 0.15) is 5.56 Å². The fraction of sp³-hybridized carbons (Fsp3) is 0.300. The van der Waals surface area contributed by atoms with E-state index in [-0.39, 0.29) is 5.75 Å². The summed E-state index contributed by atoms with van der Waals surface area (Å²) in [7, 11) is 0. The van der Waals surface area contributed by atoms with Crippen LogP contribution in [0.2, 0.25) is 0 Å². The van der Waals surface area contributed by atoms with E-state index in [9.17, 15) is 13.6 Å². The maximum atomic E-state index is 11.9. The number of carbonyl (C=O) groups excluding carboxylic acids is 1. The summed E-state index contributed by atoms with van der Waals surface area (Å²) in [6.45, 7) is 1.12. The minimum atomic E-state index is -2.53. The van der Waals surface area contributed by atoms with Crippen molar-refractivity contribution in [2.45, 2.75) is 13.3 Å². The average Bonchev–Trinajstić information content (AvgIpc) is 2.18. The highest BCUT2D eigenvalue weighted by molar-refractivity contribution is 5.75. The number of amides is 1. The summed E-state index contributed by atoms with van der Waals surface area (Å²) in [5, 5.41) is 2.38. The molecule has 0 fully saturated rings. The number of ether oxygens (including phenoxy) is 1. The molecule has 15 heavy (non-hydrogen) atoms. The zero-order valence-corrected chi connectivity index (χ0v) is 8.17. The standard InChI is InChI=1S/C10H11F2NO2/c1-7-2-3-8(13-6-14)9(4-7)15-5-10(11)12/h2-4,6,10H,5H2,1H3,(H,13,14). The lowest BCUT2D eigenvalue weighted by Crippen LogP contribution is -2.09. The van der Waals surface area contributed by atoms with Crippen LogP contribution in [0, 0.1) is 6.92 Å². The Bertz CT molecular complexity index is 342. The van der Waals surface area contributed by atoms with E-state index in [1.165, 1.54) is 0 Å². The van der Waals surface area contributed by atoms with Crippen LogP contribution in [0.5, 0.6) is 5.75 Å². The predicted molar refractivity (Wildman–Crippen MR) is 52.4 cm³/mol. The summed E-state index contributed by atoms with van der Waals surface area (Å²) in [6.07, 6.45) is -2.06. The Labute approximate surface area is 86.0 Å². The predicted octanol–water partition coefficient (Wildman–Crippen LogP) is 2.21. The zero-order chi connectivity index (χ0) is 11.3. The first-order valence-corrected chi connectivity index (χ1v) is 4.35. The highest BCUT2D eigenvalue weighted by atomic mass is 19.3. The minimum Gasteiger partial charge on any atom is -0.485 e. The summed E-state index contributed by atoms with van der Waals surface area (Å²) >= 11 is 0. The number of aryl methyl sites for hydroxylation is 1. The van der Waals surface area contributed by atoms with Crippen LogP contribution in [-0.2, 0) is 4.79 Å². The number of anilines is 1. The Balaban J connectivity index is 2.81. The Morgan fingerprint density at radius 2 is 2.27 bits per heavy atom. The first-order chi connectivity index (χ1) is 7.13. The van der Waals surface area contributed by atoms with Crippen LogP contribution in [0.3, 0.4) is 0 Å². The molecule has 0 bridgehead atoms. The third kappa shape index (κ3) is 3.53. The molecule has 0 unspecified atom stereocenters. The SMILES string of the molecule is Cc1ccc(NC=O)c(OCC(F)F)c1. The summed E-state index contributed by atoms with van der Waals surface area (Å²) in [5.74, 6) is 0.252. The van der Waals surface area contributed by atoms with Crippen molar-refractivity contribution in [1.82, 2.24) is 0 Å².